The number of nitrogens with zero attached hydrogens (tertiary/aromatic N) is 2. The predicted octanol–water partition coefficient (Wildman–Crippen LogP) is 1.75. The zero-order valence-corrected chi connectivity index (χ0v) is 15.9. The van der Waals surface area contributed by atoms with Crippen LogP contribution in [0, 0.1) is 0 Å². The maximum absolute atomic E-state index is 12.4. The van der Waals surface area contributed by atoms with E-state index in [2.05, 4.69) is 12.2 Å². The van der Waals surface area contributed by atoms with Crippen molar-refractivity contribution in [2.75, 3.05) is 39.3 Å². The largest absolute Gasteiger partial charge is 0.355 e. The molecule has 0 spiro atoms. The summed E-state index contributed by atoms with van der Waals surface area (Å²) in [6.45, 7) is 5.29. The Kier molecular flexibility index (Phi) is 7.67. The molecule has 0 unspecified atom stereocenters. The Morgan fingerprint density at radius 3 is 2.58 bits per heavy atom. The Bertz CT molecular complexity index is 594. The van der Waals surface area contributed by atoms with Gasteiger partial charge in [0.2, 0.25) is 5.91 Å². The van der Waals surface area contributed by atoms with Gasteiger partial charge in [-0.3, -0.25) is 9.69 Å². The van der Waals surface area contributed by atoms with Crippen molar-refractivity contribution < 1.29 is 13.2 Å². The van der Waals surface area contributed by atoms with Crippen LogP contribution in [0.15, 0.2) is 21.7 Å². The molecule has 0 bridgehead atoms. The predicted molar refractivity (Wildman–Crippen MR) is 96.7 cm³/mol. The van der Waals surface area contributed by atoms with E-state index in [1.807, 2.05) is 4.90 Å². The van der Waals surface area contributed by atoms with Crippen molar-refractivity contribution in [1.29, 1.82) is 0 Å². The lowest BCUT2D eigenvalue weighted by molar-refractivity contribution is -0.122. The molecular formula is C16H27N3O3S2. The van der Waals surface area contributed by atoms with E-state index in [0.29, 0.717) is 36.9 Å². The normalized spacial score (nSPS) is 17.0. The monoisotopic (exact) mass is 373 g/mol. The molecule has 0 radical (unpaired) electrons. The molecule has 24 heavy (non-hydrogen) atoms. The second kappa shape index (κ2) is 9.50. The fourth-order valence-corrected chi connectivity index (χ4v) is 5.27. The third-order valence-electron chi connectivity index (χ3n) is 4.14. The van der Waals surface area contributed by atoms with Gasteiger partial charge in [0.1, 0.15) is 4.21 Å². The number of carbonyl (C=O) groups is 1. The lowest BCUT2D eigenvalue weighted by Crippen LogP contribution is -2.50. The van der Waals surface area contributed by atoms with Gasteiger partial charge in [-0.05, 0) is 17.9 Å². The van der Waals surface area contributed by atoms with Crippen molar-refractivity contribution >= 4 is 27.3 Å². The number of rotatable bonds is 9. The Morgan fingerprint density at radius 2 is 1.96 bits per heavy atom. The van der Waals surface area contributed by atoms with Gasteiger partial charge in [-0.1, -0.05) is 32.3 Å². The van der Waals surface area contributed by atoms with E-state index in [-0.39, 0.29) is 5.91 Å². The average molecular weight is 374 g/mol. The fraction of sp³-hybridized carbons (Fsp3) is 0.688. The minimum atomic E-state index is -3.37. The second-order valence-corrected chi connectivity index (χ2v) is 9.14. The first-order valence-electron chi connectivity index (χ1n) is 8.56. The van der Waals surface area contributed by atoms with Crippen molar-refractivity contribution in [1.82, 2.24) is 14.5 Å². The molecule has 1 aromatic heterocycles. The quantitative estimate of drug-likeness (QED) is 0.670. The molecule has 1 aromatic rings. The number of nitrogens with one attached hydrogen (secondary N) is 1. The van der Waals surface area contributed by atoms with E-state index >= 15 is 0 Å². The third-order valence-corrected chi connectivity index (χ3v) is 7.41. The molecule has 0 atom stereocenters. The lowest BCUT2D eigenvalue weighted by atomic mass is 10.2. The van der Waals surface area contributed by atoms with E-state index in [1.54, 1.807) is 17.5 Å². The smallest absolute Gasteiger partial charge is 0.252 e. The van der Waals surface area contributed by atoms with Crippen molar-refractivity contribution in [2.24, 2.45) is 0 Å². The molecule has 2 heterocycles. The molecule has 1 N–H and O–H groups in total. The number of hydrogen-bond donors (Lipinski definition) is 1. The standard InChI is InChI=1S/C16H27N3O3S2/c1-2-3-4-5-8-17-15(20)14-18-9-11-19(12-10-18)24(21,22)16-7-6-13-23-16/h6-7,13H,2-5,8-12,14H2,1H3,(H,17,20). The summed E-state index contributed by atoms with van der Waals surface area (Å²) in [6, 6.07) is 3.39. The van der Waals surface area contributed by atoms with E-state index in [4.69, 9.17) is 0 Å². The van der Waals surface area contributed by atoms with Crippen LogP contribution in [0.2, 0.25) is 0 Å². The highest BCUT2D eigenvalue weighted by atomic mass is 32.2. The van der Waals surface area contributed by atoms with Crippen LogP contribution in [0.5, 0.6) is 0 Å². The van der Waals surface area contributed by atoms with Crippen LogP contribution in [0.3, 0.4) is 0 Å². The van der Waals surface area contributed by atoms with E-state index in [0.717, 1.165) is 19.4 Å². The van der Waals surface area contributed by atoms with Gasteiger partial charge in [0.25, 0.3) is 10.0 Å². The van der Waals surface area contributed by atoms with Crippen LogP contribution < -0.4 is 5.32 Å². The number of carbonyl (C=O) groups excluding carboxylic acids is 1. The summed E-state index contributed by atoms with van der Waals surface area (Å²) in [7, 11) is -3.37. The summed E-state index contributed by atoms with van der Waals surface area (Å²) in [4.78, 5) is 13.9. The molecule has 136 valence electrons. The van der Waals surface area contributed by atoms with Crippen molar-refractivity contribution in [3.05, 3.63) is 17.5 Å². The van der Waals surface area contributed by atoms with Gasteiger partial charge in [0, 0.05) is 32.7 Å². The minimum absolute atomic E-state index is 0.0288. The molecule has 1 fully saturated rings. The van der Waals surface area contributed by atoms with E-state index < -0.39 is 10.0 Å². The van der Waals surface area contributed by atoms with Gasteiger partial charge < -0.3 is 5.32 Å². The molecule has 8 heteroatoms. The van der Waals surface area contributed by atoms with Crippen LogP contribution in [0.1, 0.15) is 32.6 Å². The van der Waals surface area contributed by atoms with Gasteiger partial charge in [-0.15, -0.1) is 11.3 Å². The summed E-state index contributed by atoms with van der Waals surface area (Å²) < 4.78 is 26.8. The summed E-state index contributed by atoms with van der Waals surface area (Å²) in [5.74, 6) is 0.0288. The van der Waals surface area contributed by atoms with Crippen LogP contribution in [0.25, 0.3) is 0 Å². The molecule has 1 aliphatic rings. The maximum atomic E-state index is 12.4. The molecule has 0 aromatic carbocycles. The molecule has 2 rings (SSSR count). The summed E-state index contributed by atoms with van der Waals surface area (Å²) in [5.41, 5.74) is 0. The molecule has 1 amide bonds. The Morgan fingerprint density at radius 1 is 1.21 bits per heavy atom. The van der Waals surface area contributed by atoms with Crippen LogP contribution >= 0.6 is 11.3 Å². The fourth-order valence-electron chi connectivity index (χ4n) is 2.70. The van der Waals surface area contributed by atoms with Gasteiger partial charge in [0.15, 0.2) is 0 Å². The molecular weight excluding hydrogens is 346 g/mol. The van der Waals surface area contributed by atoms with Crippen molar-refractivity contribution in [3.8, 4) is 0 Å². The van der Waals surface area contributed by atoms with Gasteiger partial charge in [0.05, 0.1) is 6.54 Å². The Balaban J connectivity index is 1.70. The molecule has 0 saturated carbocycles. The highest BCUT2D eigenvalue weighted by Crippen LogP contribution is 2.21. The zero-order chi connectivity index (χ0) is 17.4. The number of thiophene rings is 1. The van der Waals surface area contributed by atoms with Gasteiger partial charge in [-0.25, -0.2) is 8.42 Å². The summed E-state index contributed by atoms with van der Waals surface area (Å²) >= 11 is 1.24. The number of hydrogen-bond acceptors (Lipinski definition) is 5. The number of piperazine rings is 1. The molecule has 6 nitrogen and oxygen atoms in total. The summed E-state index contributed by atoms with van der Waals surface area (Å²) in [5, 5.41) is 4.71. The third kappa shape index (κ3) is 5.54. The highest BCUT2D eigenvalue weighted by molar-refractivity contribution is 7.91. The lowest BCUT2D eigenvalue weighted by Gasteiger charge is -2.33. The first kappa shape index (κ1) is 19.4. The Hall–Kier alpha value is -0.960. The molecule has 0 aliphatic carbocycles. The van der Waals surface area contributed by atoms with Crippen LogP contribution in [-0.4, -0.2) is 62.8 Å². The van der Waals surface area contributed by atoms with Gasteiger partial charge >= 0.3 is 0 Å². The molecule has 1 saturated heterocycles. The van der Waals surface area contributed by atoms with E-state index in [9.17, 15) is 13.2 Å². The summed E-state index contributed by atoms with van der Waals surface area (Å²) in [6.07, 6.45) is 4.56. The number of amides is 1. The average Bonchev–Trinajstić information content (AvgIpc) is 3.10. The van der Waals surface area contributed by atoms with E-state index in [1.165, 1.54) is 28.5 Å². The van der Waals surface area contributed by atoms with Crippen molar-refractivity contribution in [2.45, 2.75) is 36.8 Å². The number of unbranched alkanes of at least 4 members (excludes halogenated alkanes) is 3. The minimum Gasteiger partial charge on any atom is -0.355 e. The number of sulfonamides is 1. The first-order valence-corrected chi connectivity index (χ1v) is 10.9. The van der Waals surface area contributed by atoms with Crippen LogP contribution in [0.4, 0.5) is 0 Å². The first-order chi connectivity index (χ1) is 11.5. The van der Waals surface area contributed by atoms with Crippen LogP contribution in [-0.2, 0) is 14.8 Å². The highest BCUT2D eigenvalue weighted by Gasteiger charge is 2.29. The maximum Gasteiger partial charge on any atom is 0.252 e. The zero-order valence-electron chi connectivity index (χ0n) is 14.2. The molecule has 1 aliphatic heterocycles. The Labute approximate surface area is 148 Å². The van der Waals surface area contributed by atoms with Crippen molar-refractivity contribution in [3.63, 3.8) is 0 Å². The second-order valence-electron chi connectivity index (χ2n) is 6.02. The SMILES string of the molecule is CCCCCCNC(=O)CN1CCN(S(=O)(=O)c2cccs2)CC1. The van der Waals surface area contributed by atoms with Gasteiger partial charge in [-0.2, -0.15) is 4.31 Å². The topological polar surface area (TPSA) is 69.7 Å².